The molecule has 5 nitrogen and oxygen atoms in total. The lowest BCUT2D eigenvalue weighted by atomic mass is 10.1. The van der Waals surface area contributed by atoms with E-state index in [1.165, 1.54) is 23.0 Å². The zero-order valence-corrected chi connectivity index (χ0v) is 17.6. The summed E-state index contributed by atoms with van der Waals surface area (Å²) in [6.07, 6.45) is 2.48. The van der Waals surface area contributed by atoms with Gasteiger partial charge in [-0.3, -0.25) is 0 Å². The maximum atomic E-state index is 6.50. The van der Waals surface area contributed by atoms with Crippen molar-refractivity contribution in [2.75, 3.05) is 10.6 Å². The predicted molar refractivity (Wildman–Crippen MR) is 125 cm³/mol. The van der Waals surface area contributed by atoms with Gasteiger partial charge in [-0.05, 0) is 35.2 Å². The molecule has 0 saturated carbocycles. The number of nitrogens with two attached hydrogens (primary N) is 1. The third kappa shape index (κ3) is 5.20. The first-order valence-electron chi connectivity index (χ1n) is 10.4. The first kappa shape index (κ1) is 20.4. The van der Waals surface area contributed by atoms with Crippen LogP contribution in [0.25, 0.3) is 0 Å². The van der Waals surface area contributed by atoms with Crippen molar-refractivity contribution in [1.29, 1.82) is 0 Å². The van der Waals surface area contributed by atoms with E-state index < -0.39 is 0 Å². The van der Waals surface area contributed by atoms with Crippen LogP contribution in [0.1, 0.15) is 23.6 Å². The number of rotatable bonds is 8. The van der Waals surface area contributed by atoms with Gasteiger partial charge < -0.3 is 15.4 Å². The quantitative estimate of drug-likeness (QED) is 0.408. The van der Waals surface area contributed by atoms with Crippen molar-refractivity contribution in [3.05, 3.63) is 108 Å². The van der Waals surface area contributed by atoms with Gasteiger partial charge in [0.15, 0.2) is 5.82 Å². The first-order chi connectivity index (χ1) is 15.2. The maximum absolute atomic E-state index is 6.50. The number of aryl methyl sites for hydroxylation is 1. The van der Waals surface area contributed by atoms with Crippen LogP contribution >= 0.6 is 0 Å². The number of hydrogen-bond acceptors (Lipinski definition) is 5. The van der Waals surface area contributed by atoms with Crippen molar-refractivity contribution in [2.45, 2.75) is 26.4 Å². The molecule has 5 heteroatoms. The normalized spacial score (nSPS) is 10.6. The third-order valence-corrected chi connectivity index (χ3v) is 5.10. The second-order valence-corrected chi connectivity index (χ2v) is 7.34. The Morgan fingerprint density at radius 3 is 1.87 bits per heavy atom. The van der Waals surface area contributed by atoms with Gasteiger partial charge >= 0.3 is 0 Å². The molecule has 4 rings (SSSR count). The van der Waals surface area contributed by atoms with Gasteiger partial charge in [0, 0.05) is 13.1 Å². The van der Waals surface area contributed by atoms with E-state index in [-0.39, 0.29) is 0 Å². The van der Waals surface area contributed by atoms with Gasteiger partial charge in [0.1, 0.15) is 17.8 Å². The van der Waals surface area contributed by atoms with Crippen LogP contribution in [-0.4, -0.2) is 9.97 Å². The van der Waals surface area contributed by atoms with Crippen LogP contribution in [0.15, 0.2) is 91.3 Å². The smallest absolute Gasteiger partial charge is 0.248 e. The zero-order chi connectivity index (χ0) is 21.5. The van der Waals surface area contributed by atoms with Crippen LogP contribution < -0.4 is 15.4 Å². The molecule has 0 aliphatic heterocycles. The molecule has 0 atom stereocenters. The zero-order valence-electron chi connectivity index (χ0n) is 17.6. The SMILES string of the molecule is CCc1ccc(Oc2ncnc(N(Cc3ccccc3)Cc3ccccc3)c2N)cc1. The molecule has 4 aromatic rings. The van der Waals surface area contributed by atoms with Gasteiger partial charge in [-0.15, -0.1) is 0 Å². The maximum Gasteiger partial charge on any atom is 0.248 e. The molecule has 0 spiro atoms. The fourth-order valence-electron chi connectivity index (χ4n) is 3.42. The Kier molecular flexibility index (Phi) is 6.43. The minimum atomic E-state index is 0.361. The van der Waals surface area contributed by atoms with Crippen LogP contribution in [0.2, 0.25) is 0 Å². The predicted octanol–water partition coefficient (Wildman–Crippen LogP) is 5.62. The summed E-state index contributed by atoms with van der Waals surface area (Å²) >= 11 is 0. The van der Waals surface area contributed by atoms with E-state index in [0.29, 0.717) is 36.2 Å². The minimum absolute atomic E-state index is 0.361. The number of nitrogen functional groups attached to an aromatic ring is 1. The fourth-order valence-corrected chi connectivity index (χ4v) is 3.42. The second kappa shape index (κ2) is 9.76. The topological polar surface area (TPSA) is 64.3 Å². The van der Waals surface area contributed by atoms with Crippen molar-refractivity contribution in [3.63, 3.8) is 0 Å². The molecule has 156 valence electrons. The molecule has 0 aliphatic carbocycles. The van der Waals surface area contributed by atoms with Crippen LogP contribution in [0, 0.1) is 0 Å². The highest BCUT2D eigenvalue weighted by molar-refractivity contribution is 5.68. The van der Waals surface area contributed by atoms with Crippen LogP contribution in [0.3, 0.4) is 0 Å². The first-order valence-corrected chi connectivity index (χ1v) is 10.4. The van der Waals surface area contributed by atoms with E-state index in [2.05, 4.69) is 46.1 Å². The standard InChI is InChI=1S/C26H26N4O/c1-2-20-13-15-23(16-14-20)31-26-24(27)25(28-19-29-26)30(17-21-9-5-3-6-10-21)18-22-11-7-4-8-12-22/h3-16,19H,2,17-18,27H2,1H3. The van der Waals surface area contributed by atoms with Gasteiger partial charge in [0.2, 0.25) is 5.88 Å². The Labute approximate surface area is 183 Å². The average molecular weight is 411 g/mol. The Hall–Kier alpha value is -3.86. The molecule has 3 aromatic carbocycles. The number of aromatic nitrogens is 2. The van der Waals surface area contributed by atoms with Gasteiger partial charge in [0.25, 0.3) is 0 Å². The van der Waals surface area contributed by atoms with E-state index >= 15 is 0 Å². The van der Waals surface area contributed by atoms with Gasteiger partial charge in [0.05, 0.1) is 0 Å². The van der Waals surface area contributed by atoms with Crippen molar-refractivity contribution >= 4 is 11.5 Å². The van der Waals surface area contributed by atoms with Crippen molar-refractivity contribution in [1.82, 2.24) is 9.97 Å². The highest BCUT2D eigenvalue weighted by Crippen LogP contribution is 2.33. The van der Waals surface area contributed by atoms with Crippen molar-refractivity contribution in [2.24, 2.45) is 0 Å². The fraction of sp³-hybridized carbons (Fsp3) is 0.154. The van der Waals surface area contributed by atoms with Crippen molar-refractivity contribution in [3.8, 4) is 11.6 Å². The van der Waals surface area contributed by atoms with Crippen LogP contribution in [-0.2, 0) is 19.5 Å². The molecule has 0 aliphatic rings. The van der Waals surface area contributed by atoms with Gasteiger partial charge in [-0.1, -0.05) is 79.7 Å². The second-order valence-electron chi connectivity index (χ2n) is 7.34. The summed E-state index contributed by atoms with van der Waals surface area (Å²) < 4.78 is 6.00. The van der Waals surface area contributed by atoms with Crippen molar-refractivity contribution < 1.29 is 4.74 Å². The molecule has 0 radical (unpaired) electrons. The Morgan fingerprint density at radius 1 is 0.742 bits per heavy atom. The molecular weight excluding hydrogens is 384 g/mol. The van der Waals surface area contributed by atoms with E-state index in [1.807, 2.05) is 60.7 Å². The van der Waals surface area contributed by atoms with E-state index in [9.17, 15) is 0 Å². The Bertz CT molecular complexity index is 1060. The summed E-state index contributed by atoms with van der Waals surface area (Å²) in [5.41, 5.74) is 10.5. The Morgan fingerprint density at radius 2 is 1.32 bits per heavy atom. The molecule has 1 heterocycles. The lowest BCUT2D eigenvalue weighted by Gasteiger charge is -2.25. The molecule has 31 heavy (non-hydrogen) atoms. The lowest BCUT2D eigenvalue weighted by Crippen LogP contribution is -2.24. The summed E-state index contributed by atoms with van der Waals surface area (Å²) in [7, 11) is 0. The molecule has 0 saturated heterocycles. The summed E-state index contributed by atoms with van der Waals surface area (Å²) in [4.78, 5) is 10.9. The molecule has 1 aromatic heterocycles. The third-order valence-electron chi connectivity index (χ3n) is 5.10. The summed E-state index contributed by atoms with van der Waals surface area (Å²) in [6, 6.07) is 28.5. The number of ether oxygens (including phenoxy) is 1. The molecular formula is C26H26N4O. The number of benzene rings is 3. The summed E-state index contributed by atoms with van der Waals surface area (Å²) in [5, 5.41) is 0. The number of anilines is 2. The molecule has 0 amide bonds. The summed E-state index contributed by atoms with van der Waals surface area (Å²) in [5.74, 6) is 1.72. The highest BCUT2D eigenvalue weighted by Gasteiger charge is 2.18. The lowest BCUT2D eigenvalue weighted by molar-refractivity contribution is 0.464. The highest BCUT2D eigenvalue weighted by atomic mass is 16.5. The average Bonchev–Trinajstić information content (AvgIpc) is 2.82. The van der Waals surface area contributed by atoms with E-state index in [4.69, 9.17) is 10.5 Å². The monoisotopic (exact) mass is 410 g/mol. The van der Waals surface area contributed by atoms with E-state index in [1.54, 1.807) is 0 Å². The van der Waals surface area contributed by atoms with Crippen LogP contribution in [0.4, 0.5) is 11.5 Å². The Balaban J connectivity index is 1.64. The summed E-state index contributed by atoms with van der Waals surface area (Å²) in [6.45, 7) is 3.46. The number of hydrogen-bond donors (Lipinski definition) is 1. The number of nitrogens with zero attached hydrogens (tertiary/aromatic N) is 3. The molecule has 0 unspecified atom stereocenters. The molecule has 0 fully saturated rings. The van der Waals surface area contributed by atoms with E-state index in [0.717, 1.165) is 6.42 Å². The van der Waals surface area contributed by atoms with Gasteiger partial charge in [-0.2, -0.15) is 4.98 Å². The largest absolute Gasteiger partial charge is 0.437 e. The van der Waals surface area contributed by atoms with Crippen LogP contribution in [0.5, 0.6) is 11.6 Å². The molecule has 0 bridgehead atoms. The van der Waals surface area contributed by atoms with Gasteiger partial charge in [-0.25, -0.2) is 4.98 Å². The minimum Gasteiger partial charge on any atom is -0.437 e. The molecule has 2 N–H and O–H groups in total.